The van der Waals surface area contributed by atoms with E-state index in [2.05, 4.69) is 6.92 Å². The molecule has 0 bridgehead atoms. The first-order valence-corrected chi connectivity index (χ1v) is 5.09. The maximum Gasteiger partial charge on any atom is 1.00 e. The Labute approximate surface area is 65.6 Å². The zero-order chi connectivity index (χ0) is 2.71. The fourth-order valence-corrected chi connectivity index (χ4v) is 0. The fourth-order valence-electron chi connectivity index (χ4n) is 0. The van der Waals surface area contributed by atoms with Gasteiger partial charge >= 0.3 is 66.5 Å². The van der Waals surface area contributed by atoms with Gasteiger partial charge in [-0.15, -0.1) is 0 Å². The van der Waals surface area contributed by atoms with Crippen LogP contribution in [0.4, 0.5) is 0 Å². The standard InChI is InChI=1S/C2H5.Hg.Na/c1-2;;/h1H2,2H3;;/q;2*+1. The first kappa shape index (κ1) is 9.33. The summed E-state index contributed by atoms with van der Waals surface area (Å²) in [6, 6.07) is 0. The molecular formula is C2H5HgNa+2. The third-order valence-electron chi connectivity index (χ3n) is 0. The molecule has 0 atom stereocenters. The van der Waals surface area contributed by atoms with Gasteiger partial charge in [-0.2, -0.15) is 0 Å². The van der Waals surface area contributed by atoms with Crippen molar-refractivity contribution in [1.82, 2.24) is 0 Å². The van der Waals surface area contributed by atoms with Gasteiger partial charge in [0.05, 0.1) is 0 Å². The third-order valence-corrected chi connectivity index (χ3v) is 0. The molecule has 0 rings (SSSR count). The van der Waals surface area contributed by atoms with Crippen LogP contribution in [-0.4, -0.2) is 0 Å². The van der Waals surface area contributed by atoms with Crippen LogP contribution in [0, 0.1) is 0 Å². The Morgan fingerprint density at radius 1 is 1.75 bits per heavy atom. The van der Waals surface area contributed by atoms with E-state index in [4.69, 9.17) is 0 Å². The van der Waals surface area contributed by atoms with Crippen LogP contribution in [0.5, 0.6) is 0 Å². The molecule has 0 fully saturated rings. The number of hydrogen-bond donors (Lipinski definition) is 0. The minimum atomic E-state index is 0. The molecule has 0 N–H and O–H groups in total. The largest absolute Gasteiger partial charge is 1.00 e. The Morgan fingerprint density at radius 2 is 1.75 bits per heavy atom. The first-order chi connectivity index (χ1) is 1.41. The maximum atomic E-state index is 2.21. The van der Waals surface area contributed by atoms with E-state index in [9.17, 15) is 0 Å². The second-order valence-electron chi connectivity index (χ2n) is 0.500. The quantitative estimate of drug-likeness (QED) is 0.437. The molecular weight excluding hydrogens is 248 g/mol. The summed E-state index contributed by atoms with van der Waals surface area (Å²) in [5.74, 6) is 0. The molecule has 0 spiro atoms. The van der Waals surface area contributed by atoms with Gasteiger partial charge in [0.2, 0.25) is 0 Å². The summed E-state index contributed by atoms with van der Waals surface area (Å²) < 4.78 is 1.44. The molecule has 0 aliphatic rings. The average molecular weight is 253 g/mol. The van der Waals surface area contributed by atoms with Crippen molar-refractivity contribution in [3.8, 4) is 0 Å². The van der Waals surface area contributed by atoms with Crippen molar-refractivity contribution in [1.29, 1.82) is 0 Å². The van der Waals surface area contributed by atoms with Crippen LogP contribution in [0.3, 0.4) is 0 Å². The number of hydrogen-bond acceptors (Lipinski definition) is 0. The van der Waals surface area contributed by atoms with Crippen molar-refractivity contribution in [3.63, 3.8) is 0 Å². The fraction of sp³-hybridized carbons (Fsp3) is 1.00. The molecule has 0 unspecified atom stereocenters. The minimum Gasteiger partial charge on any atom is 1.00 e. The molecule has 0 amide bonds. The van der Waals surface area contributed by atoms with Crippen LogP contribution < -0.4 is 29.6 Å². The van der Waals surface area contributed by atoms with Crippen molar-refractivity contribution < 1.29 is 55.7 Å². The van der Waals surface area contributed by atoms with E-state index in [0.29, 0.717) is 0 Å². The van der Waals surface area contributed by atoms with Crippen LogP contribution >= 0.6 is 0 Å². The molecule has 0 heterocycles. The first-order valence-electron chi connectivity index (χ1n) is 1.21. The molecule has 0 aromatic heterocycles. The summed E-state index contributed by atoms with van der Waals surface area (Å²) in [7, 11) is 0. The zero-order valence-electron chi connectivity index (χ0n) is 3.41. The molecule has 0 saturated heterocycles. The predicted octanol–water partition coefficient (Wildman–Crippen LogP) is -2.02. The van der Waals surface area contributed by atoms with E-state index in [-0.39, 0.29) is 29.6 Å². The molecule has 0 aromatic carbocycles. The molecule has 0 aliphatic carbocycles. The van der Waals surface area contributed by atoms with Crippen molar-refractivity contribution >= 4 is 0 Å². The third kappa shape index (κ3) is 9.05. The van der Waals surface area contributed by atoms with Crippen LogP contribution in [0.1, 0.15) is 6.92 Å². The van der Waals surface area contributed by atoms with Crippen molar-refractivity contribution in [2.24, 2.45) is 0 Å². The molecule has 0 nitrogen and oxygen atoms in total. The van der Waals surface area contributed by atoms with E-state index in [1.807, 2.05) is 0 Å². The monoisotopic (exact) mass is 254 g/mol. The normalized spacial score (nSPS) is 4.75. The predicted molar refractivity (Wildman–Crippen MR) is 10.5 cm³/mol. The smallest absolute Gasteiger partial charge is 1.00 e. The summed E-state index contributed by atoms with van der Waals surface area (Å²) in [5, 5.41) is 0. The second kappa shape index (κ2) is 8.87. The molecule has 0 aliphatic heterocycles. The average Bonchev–Trinajstić information content (AvgIpc) is 0.918. The zero-order valence-corrected chi connectivity index (χ0v) is 10.9. The van der Waals surface area contributed by atoms with E-state index in [1.165, 1.54) is 3.93 Å². The van der Waals surface area contributed by atoms with E-state index in [0.717, 1.165) is 26.1 Å². The summed E-state index contributed by atoms with van der Waals surface area (Å²) >= 11 is 1.07. The molecule has 4 heavy (non-hydrogen) atoms. The minimum absolute atomic E-state index is 0. The Bertz CT molecular complexity index is 6.00. The van der Waals surface area contributed by atoms with Gasteiger partial charge in [-0.3, -0.25) is 0 Å². The van der Waals surface area contributed by atoms with Gasteiger partial charge in [0, 0.05) is 0 Å². The maximum absolute atomic E-state index is 2.21. The summed E-state index contributed by atoms with van der Waals surface area (Å²) in [6.07, 6.45) is 0. The number of rotatable bonds is 0. The van der Waals surface area contributed by atoms with E-state index < -0.39 is 0 Å². The van der Waals surface area contributed by atoms with Gasteiger partial charge in [0.25, 0.3) is 0 Å². The van der Waals surface area contributed by atoms with Crippen LogP contribution in [0.2, 0.25) is 3.93 Å². The topological polar surface area (TPSA) is 0 Å². The molecule has 0 saturated carbocycles. The van der Waals surface area contributed by atoms with Gasteiger partial charge in [0.15, 0.2) is 0 Å². The van der Waals surface area contributed by atoms with Gasteiger partial charge < -0.3 is 0 Å². The van der Waals surface area contributed by atoms with E-state index >= 15 is 0 Å². The summed E-state index contributed by atoms with van der Waals surface area (Å²) in [6.45, 7) is 2.21. The van der Waals surface area contributed by atoms with Crippen LogP contribution in [0.25, 0.3) is 0 Å². The SMILES string of the molecule is C[CH2][Hg+].[Na+]. The van der Waals surface area contributed by atoms with Gasteiger partial charge in [-0.05, 0) is 0 Å². The summed E-state index contributed by atoms with van der Waals surface area (Å²) in [4.78, 5) is 0. The Hall–Kier alpha value is 1.94. The molecule has 14 valence electrons. The van der Waals surface area contributed by atoms with Gasteiger partial charge in [0.1, 0.15) is 0 Å². The Balaban J connectivity index is 0. The van der Waals surface area contributed by atoms with Crippen LogP contribution in [-0.2, 0) is 26.1 Å². The Morgan fingerprint density at radius 3 is 1.75 bits per heavy atom. The van der Waals surface area contributed by atoms with Gasteiger partial charge in [-0.25, -0.2) is 0 Å². The van der Waals surface area contributed by atoms with Crippen molar-refractivity contribution in [3.05, 3.63) is 0 Å². The summed E-state index contributed by atoms with van der Waals surface area (Å²) in [5.41, 5.74) is 0. The molecule has 2 heteroatoms. The second-order valence-corrected chi connectivity index (χ2v) is 4.39. The molecule has 0 aromatic rings. The van der Waals surface area contributed by atoms with E-state index in [1.54, 1.807) is 0 Å². The molecule has 0 radical (unpaired) electrons. The van der Waals surface area contributed by atoms with Gasteiger partial charge in [-0.1, -0.05) is 0 Å². The Kier molecular flexibility index (Phi) is 20.7. The van der Waals surface area contributed by atoms with Crippen molar-refractivity contribution in [2.75, 3.05) is 0 Å². The van der Waals surface area contributed by atoms with Crippen molar-refractivity contribution in [2.45, 2.75) is 10.9 Å². The van der Waals surface area contributed by atoms with Crippen LogP contribution in [0.15, 0.2) is 0 Å².